The van der Waals surface area contributed by atoms with Crippen LogP contribution in [0.1, 0.15) is 28.8 Å². The first kappa shape index (κ1) is 21.3. The fourth-order valence-corrected chi connectivity index (χ4v) is 3.45. The van der Waals surface area contributed by atoms with Crippen LogP contribution in [-0.2, 0) is 9.59 Å². The minimum Gasteiger partial charge on any atom is -0.345 e. The molecule has 2 aromatic rings. The number of anilines is 1. The third-order valence-corrected chi connectivity index (χ3v) is 5.22. The van der Waals surface area contributed by atoms with Crippen molar-refractivity contribution in [1.29, 1.82) is 0 Å². The average molecular weight is 405 g/mol. The number of piperidine rings is 1. The Morgan fingerprint density at radius 3 is 2.27 bits per heavy atom. The summed E-state index contributed by atoms with van der Waals surface area (Å²) < 4.78 is 0. The standard InChI is InChI=1S/C24H27N3O3/c1-26(2)24(30)20-10-6-7-11-21(20)25-23(29)19-14-16-27(17-15-19)22(28)13-12-18-8-4-3-5-9-18/h3-13,19H,14-17H2,1-2H3,(H,25,29)/b13-12+. The van der Waals surface area contributed by atoms with Crippen molar-refractivity contribution in [1.82, 2.24) is 9.80 Å². The smallest absolute Gasteiger partial charge is 0.255 e. The Kier molecular flexibility index (Phi) is 7.01. The van der Waals surface area contributed by atoms with Gasteiger partial charge < -0.3 is 15.1 Å². The van der Waals surface area contributed by atoms with E-state index in [4.69, 9.17) is 0 Å². The monoisotopic (exact) mass is 405 g/mol. The molecule has 6 nitrogen and oxygen atoms in total. The van der Waals surface area contributed by atoms with Crippen LogP contribution < -0.4 is 5.32 Å². The molecule has 156 valence electrons. The van der Waals surface area contributed by atoms with Gasteiger partial charge in [-0.25, -0.2) is 0 Å². The predicted octanol–water partition coefficient (Wildman–Crippen LogP) is 3.28. The van der Waals surface area contributed by atoms with Crippen molar-refractivity contribution in [3.8, 4) is 0 Å². The molecule has 2 aromatic carbocycles. The van der Waals surface area contributed by atoms with Crippen molar-refractivity contribution in [2.75, 3.05) is 32.5 Å². The fourth-order valence-electron chi connectivity index (χ4n) is 3.45. The molecule has 30 heavy (non-hydrogen) atoms. The molecule has 3 rings (SSSR count). The Bertz CT molecular complexity index is 930. The molecule has 0 atom stereocenters. The molecule has 6 heteroatoms. The van der Waals surface area contributed by atoms with Crippen molar-refractivity contribution in [2.45, 2.75) is 12.8 Å². The second-order valence-corrected chi connectivity index (χ2v) is 7.58. The van der Waals surface area contributed by atoms with E-state index in [0.29, 0.717) is 37.2 Å². The number of para-hydroxylation sites is 1. The van der Waals surface area contributed by atoms with E-state index in [2.05, 4.69) is 5.32 Å². The number of hydrogen-bond acceptors (Lipinski definition) is 3. The van der Waals surface area contributed by atoms with E-state index in [1.165, 1.54) is 4.90 Å². The van der Waals surface area contributed by atoms with Crippen LogP contribution in [0.4, 0.5) is 5.69 Å². The zero-order valence-corrected chi connectivity index (χ0v) is 17.4. The second-order valence-electron chi connectivity index (χ2n) is 7.58. The number of nitrogens with zero attached hydrogens (tertiary/aromatic N) is 2. The lowest BCUT2D eigenvalue weighted by Crippen LogP contribution is -2.40. The van der Waals surface area contributed by atoms with Gasteiger partial charge in [0.1, 0.15) is 0 Å². The number of benzene rings is 2. The maximum atomic E-state index is 12.7. The number of nitrogens with one attached hydrogen (secondary N) is 1. The van der Waals surface area contributed by atoms with E-state index < -0.39 is 0 Å². The maximum absolute atomic E-state index is 12.7. The molecule has 1 heterocycles. The molecule has 1 N–H and O–H groups in total. The first-order chi connectivity index (χ1) is 14.5. The third-order valence-electron chi connectivity index (χ3n) is 5.22. The molecule has 1 aliphatic rings. The van der Waals surface area contributed by atoms with Gasteiger partial charge in [0.25, 0.3) is 5.91 Å². The predicted molar refractivity (Wildman–Crippen MR) is 118 cm³/mol. The van der Waals surface area contributed by atoms with Crippen LogP contribution in [0, 0.1) is 5.92 Å². The van der Waals surface area contributed by atoms with Gasteiger partial charge in [-0.05, 0) is 36.6 Å². The lowest BCUT2D eigenvalue weighted by Gasteiger charge is -2.30. The summed E-state index contributed by atoms with van der Waals surface area (Å²) in [5.74, 6) is -0.494. The molecule has 1 saturated heterocycles. The molecule has 0 bridgehead atoms. The highest BCUT2D eigenvalue weighted by atomic mass is 16.2. The van der Waals surface area contributed by atoms with Crippen LogP contribution in [0.3, 0.4) is 0 Å². The summed E-state index contributed by atoms with van der Waals surface area (Å²) in [6.45, 7) is 1.07. The van der Waals surface area contributed by atoms with Gasteiger partial charge in [-0.15, -0.1) is 0 Å². The molecule has 0 spiro atoms. The van der Waals surface area contributed by atoms with Crippen LogP contribution in [0.5, 0.6) is 0 Å². The summed E-state index contributed by atoms with van der Waals surface area (Å²) in [7, 11) is 3.36. The zero-order valence-electron chi connectivity index (χ0n) is 17.4. The Morgan fingerprint density at radius 2 is 1.60 bits per heavy atom. The summed E-state index contributed by atoms with van der Waals surface area (Å²) in [6.07, 6.45) is 4.58. The average Bonchev–Trinajstić information content (AvgIpc) is 2.78. The van der Waals surface area contributed by atoms with Crippen LogP contribution in [0.15, 0.2) is 60.7 Å². The third kappa shape index (κ3) is 5.35. The van der Waals surface area contributed by atoms with Crippen LogP contribution in [-0.4, -0.2) is 54.7 Å². The molecule has 0 radical (unpaired) electrons. The molecule has 0 unspecified atom stereocenters. The number of rotatable bonds is 5. The Morgan fingerprint density at radius 1 is 0.967 bits per heavy atom. The Hall–Kier alpha value is -3.41. The highest BCUT2D eigenvalue weighted by molar-refractivity contribution is 6.04. The molecule has 1 fully saturated rings. The second kappa shape index (κ2) is 9.87. The summed E-state index contributed by atoms with van der Waals surface area (Å²) in [4.78, 5) is 40.7. The highest BCUT2D eigenvalue weighted by Gasteiger charge is 2.27. The maximum Gasteiger partial charge on any atom is 0.255 e. The van der Waals surface area contributed by atoms with Crippen molar-refractivity contribution >= 4 is 29.5 Å². The summed E-state index contributed by atoms with van der Waals surface area (Å²) in [6, 6.07) is 16.7. The fraction of sp³-hybridized carbons (Fsp3) is 0.292. The molecule has 0 saturated carbocycles. The largest absolute Gasteiger partial charge is 0.345 e. The van der Waals surface area contributed by atoms with Gasteiger partial charge in [-0.2, -0.15) is 0 Å². The number of hydrogen-bond donors (Lipinski definition) is 1. The van der Waals surface area contributed by atoms with Gasteiger partial charge in [0.2, 0.25) is 11.8 Å². The molecule has 3 amide bonds. The van der Waals surface area contributed by atoms with Crippen molar-refractivity contribution < 1.29 is 14.4 Å². The normalized spacial score (nSPS) is 14.5. The van der Waals surface area contributed by atoms with Gasteiger partial charge in [0.15, 0.2) is 0 Å². The SMILES string of the molecule is CN(C)C(=O)c1ccccc1NC(=O)C1CCN(C(=O)/C=C/c2ccccc2)CC1. The first-order valence-corrected chi connectivity index (χ1v) is 10.1. The number of likely N-dealkylation sites (tertiary alicyclic amines) is 1. The van der Waals surface area contributed by atoms with E-state index in [1.54, 1.807) is 55.4 Å². The van der Waals surface area contributed by atoms with E-state index >= 15 is 0 Å². The minimum atomic E-state index is -0.185. The van der Waals surface area contributed by atoms with Gasteiger partial charge in [-0.1, -0.05) is 42.5 Å². The van der Waals surface area contributed by atoms with Crippen molar-refractivity contribution in [3.05, 3.63) is 71.8 Å². The van der Waals surface area contributed by atoms with Gasteiger partial charge in [0, 0.05) is 39.2 Å². The van der Waals surface area contributed by atoms with E-state index in [1.807, 2.05) is 30.3 Å². The van der Waals surface area contributed by atoms with Gasteiger partial charge in [0.05, 0.1) is 11.3 Å². The Labute approximate surface area is 177 Å². The molecule has 0 aromatic heterocycles. The topological polar surface area (TPSA) is 69.7 Å². The molecular formula is C24H27N3O3. The number of carbonyl (C=O) groups excluding carboxylic acids is 3. The van der Waals surface area contributed by atoms with E-state index in [-0.39, 0.29) is 23.6 Å². The Balaban J connectivity index is 1.55. The molecule has 0 aliphatic carbocycles. The first-order valence-electron chi connectivity index (χ1n) is 10.1. The van der Waals surface area contributed by atoms with Crippen LogP contribution in [0.2, 0.25) is 0 Å². The zero-order chi connectivity index (χ0) is 21.5. The minimum absolute atomic E-state index is 0.0420. The summed E-state index contributed by atoms with van der Waals surface area (Å²) in [5, 5.41) is 2.90. The van der Waals surface area contributed by atoms with Crippen molar-refractivity contribution in [3.63, 3.8) is 0 Å². The lowest BCUT2D eigenvalue weighted by molar-refractivity contribution is -0.130. The summed E-state index contributed by atoms with van der Waals surface area (Å²) >= 11 is 0. The molecular weight excluding hydrogens is 378 g/mol. The quantitative estimate of drug-likeness (QED) is 0.776. The van der Waals surface area contributed by atoms with Gasteiger partial charge >= 0.3 is 0 Å². The van der Waals surface area contributed by atoms with Crippen LogP contribution in [0.25, 0.3) is 6.08 Å². The molecule has 1 aliphatic heterocycles. The number of amides is 3. The lowest BCUT2D eigenvalue weighted by atomic mass is 9.95. The van der Waals surface area contributed by atoms with Crippen molar-refractivity contribution in [2.24, 2.45) is 5.92 Å². The van der Waals surface area contributed by atoms with E-state index in [0.717, 1.165) is 5.56 Å². The highest BCUT2D eigenvalue weighted by Crippen LogP contribution is 2.22. The number of carbonyl (C=O) groups is 3. The van der Waals surface area contributed by atoms with Crippen LogP contribution >= 0.6 is 0 Å². The van der Waals surface area contributed by atoms with E-state index in [9.17, 15) is 14.4 Å². The van der Waals surface area contributed by atoms with Gasteiger partial charge in [-0.3, -0.25) is 14.4 Å². The summed E-state index contributed by atoms with van der Waals surface area (Å²) in [5.41, 5.74) is 1.96.